The number of carbonyl (C=O) groups excluding carboxylic acids is 2. The molecule has 0 saturated carbocycles. The summed E-state index contributed by atoms with van der Waals surface area (Å²) in [4.78, 5) is 32.2. The largest absolute Gasteiger partial charge is 0.340 e. The molecular formula is C24H31N5O2. The van der Waals surface area contributed by atoms with Gasteiger partial charge in [0, 0.05) is 11.4 Å². The minimum Gasteiger partial charge on any atom is -0.340 e. The maximum absolute atomic E-state index is 13.0. The highest BCUT2D eigenvalue weighted by Gasteiger charge is 2.21. The molecule has 164 valence electrons. The van der Waals surface area contributed by atoms with Crippen molar-refractivity contribution in [1.29, 1.82) is 0 Å². The second-order valence-corrected chi connectivity index (χ2v) is 8.53. The van der Waals surface area contributed by atoms with Gasteiger partial charge in [0.05, 0.1) is 12.1 Å². The normalized spacial score (nSPS) is 16.3. The van der Waals surface area contributed by atoms with Crippen LogP contribution in [0, 0.1) is 6.92 Å². The first-order valence-electron chi connectivity index (χ1n) is 11.3. The van der Waals surface area contributed by atoms with E-state index in [4.69, 9.17) is 4.98 Å². The number of pyridine rings is 1. The number of amides is 2. The van der Waals surface area contributed by atoms with Crippen molar-refractivity contribution in [2.75, 3.05) is 25.0 Å². The molecule has 0 spiro atoms. The summed E-state index contributed by atoms with van der Waals surface area (Å²) in [5, 5.41) is 3.29. The molecule has 3 N–H and O–H groups in total. The van der Waals surface area contributed by atoms with Gasteiger partial charge < -0.3 is 5.32 Å². The van der Waals surface area contributed by atoms with Gasteiger partial charge in [-0.15, -0.1) is 0 Å². The van der Waals surface area contributed by atoms with Crippen LogP contribution in [0.15, 0.2) is 30.3 Å². The molecular weight excluding hydrogens is 390 g/mol. The number of hydrogen-bond donors (Lipinski definition) is 3. The van der Waals surface area contributed by atoms with E-state index in [1.807, 2.05) is 37.3 Å². The van der Waals surface area contributed by atoms with Crippen LogP contribution in [0.5, 0.6) is 0 Å². The zero-order valence-electron chi connectivity index (χ0n) is 18.2. The standard InChI is InChI=1S/C24H31N5O2/c1-17-9-11-19(12-10-17)25-23-20(15-18-7-3-4-8-21(18)26-23)24(31)28-27-22(30)16-29-13-5-2-6-14-29/h9-12,15H,2-8,13-14,16H2,1H3,(H,25,26)(H,27,30)(H,28,31). The van der Waals surface area contributed by atoms with Crippen LogP contribution in [-0.2, 0) is 17.6 Å². The first-order valence-corrected chi connectivity index (χ1v) is 11.3. The Bertz CT molecular complexity index is 936. The summed E-state index contributed by atoms with van der Waals surface area (Å²) in [5.74, 6) is -0.0380. The third kappa shape index (κ3) is 5.61. The molecule has 1 aliphatic carbocycles. The van der Waals surface area contributed by atoms with Crippen molar-refractivity contribution in [3.05, 3.63) is 52.7 Å². The molecule has 1 saturated heterocycles. The van der Waals surface area contributed by atoms with E-state index >= 15 is 0 Å². The summed E-state index contributed by atoms with van der Waals surface area (Å²) in [7, 11) is 0. The summed E-state index contributed by atoms with van der Waals surface area (Å²) in [6.45, 7) is 4.20. The molecule has 1 aliphatic heterocycles. The number of aromatic nitrogens is 1. The number of likely N-dealkylation sites (tertiary alicyclic amines) is 1. The summed E-state index contributed by atoms with van der Waals surface area (Å²) < 4.78 is 0. The van der Waals surface area contributed by atoms with Gasteiger partial charge in [0.25, 0.3) is 11.8 Å². The number of benzene rings is 1. The molecule has 7 nitrogen and oxygen atoms in total. The Morgan fingerprint density at radius 3 is 2.48 bits per heavy atom. The minimum absolute atomic E-state index is 0.200. The molecule has 7 heteroatoms. The second kappa shape index (κ2) is 9.92. The van der Waals surface area contributed by atoms with Crippen LogP contribution in [0.4, 0.5) is 11.5 Å². The smallest absolute Gasteiger partial charge is 0.273 e. The molecule has 2 heterocycles. The van der Waals surface area contributed by atoms with E-state index in [1.165, 1.54) is 12.0 Å². The van der Waals surface area contributed by atoms with Gasteiger partial charge in [0.15, 0.2) is 0 Å². The van der Waals surface area contributed by atoms with E-state index in [-0.39, 0.29) is 11.8 Å². The molecule has 0 bridgehead atoms. The maximum Gasteiger partial charge on any atom is 0.273 e. The van der Waals surface area contributed by atoms with E-state index in [0.717, 1.165) is 68.6 Å². The summed E-state index contributed by atoms with van der Waals surface area (Å²) >= 11 is 0. The zero-order chi connectivity index (χ0) is 21.6. The fourth-order valence-electron chi connectivity index (χ4n) is 4.23. The lowest BCUT2D eigenvalue weighted by molar-refractivity contribution is -0.123. The Kier molecular flexibility index (Phi) is 6.82. The molecule has 4 rings (SSSR count). The highest BCUT2D eigenvalue weighted by Crippen LogP contribution is 2.27. The summed E-state index contributed by atoms with van der Waals surface area (Å²) in [6.07, 6.45) is 7.52. The van der Waals surface area contributed by atoms with Crippen molar-refractivity contribution >= 4 is 23.3 Å². The van der Waals surface area contributed by atoms with Crippen molar-refractivity contribution in [2.24, 2.45) is 0 Å². The maximum atomic E-state index is 13.0. The van der Waals surface area contributed by atoms with Crippen molar-refractivity contribution < 1.29 is 9.59 Å². The minimum atomic E-state index is -0.359. The quantitative estimate of drug-likeness (QED) is 0.645. The van der Waals surface area contributed by atoms with Crippen molar-refractivity contribution in [3.8, 4) is 0 Å². The van der Waals surface area contributed by atoms with E-state index in [2.05, 4.69) is 21.1 Å². The second-order valence-electron chi connectivity index (χ2n) is 8.53. The average molecular weight is 422 g/mol. The highest BCUT2D eigenvalue weighted by molar-refractivity contribution is 6.00. The molecule has 0 radical (unpaired) electrons. The van der Waals surface area contributed by atoms with Gasteiger partial charge >= 0.3 is 0 Å². The number of hydrogen-bond acceptors (Lipinski definition) is 5. The number of nitrogens with zero attached hydrogens (tertiary/aromatic N) is 2. The fraction of sp³-hybridized carbons (Fsp3) is 0.458. The van der Waals surface area contributed by atoms with Crippen molar-refractivity contribution in [2.45, 2.75) is 51.9 Å². The molecule has 31 heavy (non-hydrogen) atoms. The third-order valence-electron chi connectivity index (χ3n) is 5.99. The number of fused-ring (bicyclic) bond motifs is 1. The molecule has 1 aromatic heterocycles. The number of aryl methyl sites for hydroxylation is 3. The lowest BCUT2D eigenvalue weighted by Crippen LogP contribution is -2.47. The number of nitrogens with one attached hydrogen (secondary N) is 3. The average Bonchev–Trinajstić information content (AvgIpc) is 2.79. The predicted molar refractivity (Wildman–Crippen MR) is 121 cm³/mol. The summed E-state index contributed by atoms with van der Waals surface area (Å²) in [5.41, 5.74) is 9.80. The Morgan fingerprint density at radius 2 is 1.71 bits per heavy atom. The van der Waals surface area contributed by atoms with E-state index in [1.54, 1.807) is 0 Å². The van der Waals surface area contributed by atoms with E-state index in [0.29, 0.717) is 17.9 Å². The van der Waals surface area contributed by atoms with Gasteiger partial charge in [-0.25, -0.2) is 4.98 Å². The van der Waals surface area contributed by atoms with Crippen LogP contribution in [0.25, 0.3) is 0 Å². The monoisotopic (exact) mass is 421 g/mol. The van der Waals surface area contributed by atoms with Gasteiger partial charge in [-0.05, 0) is 82.3 Å². The fourth-order valence-corrected chi connectivity index (χ4v) is 4.23. The molecule has 1 aromatic carbocycles. The Hall–Kier alpha value is -2.93. The zero-order valence-corrected chi connectivity index (χ0v) is 18.2. The van der Waals surface area contributed by atoms with Crippen LogP contribution < -0.4 is 16.2 Å². The first kappa shape index (κ1) is 21.3. The molecule has 2 aliphatic rings. The van der Waals surface area contributed by atoms with Crippen LogP contribution in [0.1, 0.15) is 59.3 Å². The van der Waals surface area contributed by atoms with E-state index in [9.17, 15) is 9.59 Å². The van der Waals surface area contributed by atoms with E-state index < -0.39 is 0 Å². The number of anilines is 2. The number of rotatable bonds is 5. The number of carbonyl (C=O) groups is 2. The molecule has 2 aromatic rings. The lowest BCUT2D eigenvalue weighted by Gasteiger charge is -2.25. The van der Waals surface area contributed by atoms with Gasteiger partial charge in [0.2, 0.25) is 0 Å². The number of hydrazine groups is 1. The van der Waals surface area contributed by atoms with Crippen LogP contribution in [-0.4, -0.2) is 41.3 Å². The van der Waals surface area contributed by atoms with Crippen molar-refractivity contribution in [1.82, 2.24) is 20.7 Å². The van der Waals surface area contributed by atoms with Gasteiger partial charge in [-0.1, -0.05) is 24.1 Å². The Morgan fingerprint density at radius 1 is 0.968 bits per heavy atom. The first-order chi connectivity index (χ1) is 15.1. The summed E-state index contributed by atoms with van der Waals surface area (Å²) in [6, 6.07) is 9.89. The Balaban J connectivity index is 1.47. The topological polar surface area (TPSA) is 86.4 Å². The molecule has 0 atom stereocenters. The molecule has 0 unspecified atom stereocenters. The molecule has 1 fully saturated rings. The van der Waals surface area contributed by atoms with Crippen LogP contribution in [0.3, 0.4) is 0 Å². The SMILES string of the molecule is Cc1ccc(Nc2nc3c(cc2C(=O)NNC(=O)CN2CCCCC2)CCCC3)cc1. The lowest BCUT2D eigenvalue weighted by atomic mass is 9.94. The van der Waals surface area contributed by atoms with Crippen molar-refractivity contribution in [3.63, 3.8) is 0 Å². The van der Waals surface area contributed by atoms with Gasteiger partial charge in [-0.2, -0.15) is 0 Å². The third-order valence-corrected chi connectivity index (χ3v) is 5.99. The number of piperidine rings is 1. The van der Waals surface area contributed by atoms with Gasteiger partial charge in [0.1, 0.15) is 5.82 Å². The van der Waals surface area contributed by atoms with Gasteiger partial charge in [-0.3, -0.25) is 25.3 Å². The highest BCUT2D eigenvalue weighted by atomic mass is 16.2. The predicted octanol–water partition coefficient (Wildman–Crippen LogP) is 3.26. The Labute approximate surface area is 183 Å². The molecule has 2 amide bonds. The van der Waals surface area contributed by atoms with Crippen LogP contribution >= 0.6 is 0 Å². The van der Waals surface area contributed by atoms with Crippen LogP contribution in [0.2, 0.25) is 0 Å².